The smallest absolute Gasteiger partial charge is 0.295 e. The fourth-order valence-corrected chi connectivity index (χ4v) is 1.78. The lowest BCUT2D eigenvalue weighted by atomic mass is 10.3. The second kappa shape index (κ2) is 4.86. The van der Waals surface area contributed by atoms with Gasteiger partial charge in [0.25, 0.3) is 6.01 Å². The summed E-state index contributed by atoms with van der Waals surface area (Å²) in [6.07, 6.45) is 2.64. The number of benzene rings is 1. The number of hydrogen-bond acceptors (Lipinski definition) is 5. The topological polar surface area (TPSA) is 73.3 Å². The van der Waals surface area contributed by atoms with Crippen molar-refractivity contribution in [1.29, 1.82) is 0 Å². The van der Waals surface area contributed by atoms with Crippen molar-refractivity contribution >= 4 is 22.8 Å². The first kappa shape index (κ1) is 11.3. The Hall–Kier alpha value is -1.75. The number of nitrogen functional groups attached to an aromatic ring is 1. The van der Waals surface area contributed by atoms with Gasteiger partial charge >= 0.3 is 0 Å². The highest BCUT2D eigenvalue weighted by atomic mass is 16.5. The fourth-order valence-electron chi connectivity index (χ4n) is 1.78. The van der Waals surface area contributed by atoms with Crippen molar-refractivity contribution in [3.05, 3.63) is 18.2 Å². The van der Waals surface area contributed by atoms with Crippen LogP contribution < -0.4 is 11.1 Å². The van der Waals surface area contributed by atoms with Gasteiger partial charge in [-0.25, -0.2) is 0 Å². The van der Waals surface area contributed by atoms with Crippen molar-refractivity contribution in [2.45, 2.75) is 12.8 Å². The predicted octanol–water partition coefficient (Wildman–Crippen LogP) is 2.25. The van der Waals surface area contributed by atoms with Gasteiger partial charge in [0.2, 0.25) is 0 Å². The van der Waals surface area contributed by atoms with Crippen LogP contribution in [0.15, 0.2) is 22.6 Å². The molecule has 0 spiro atoms. The lowest BCUT2D eigenvalue weighted by Crippen LogP contribution is -2.10. The van der Waals surface area contributed by atoms with Gasteiger partial charge in [0.1, 0.15) is 5.52 Å². The Balaban J connectivity index is 1.50. The summed E-state index contributed by atoms with van der Waals surface area (Å²) < 4.78 is 11.1. The average Bonchev–Trinajstić information content (AvgIpc) is 3.08. The lowest BCUT2D eigenvalue weighted by Gasteiger charge is -2.02. The molecule has 0 aliphatic heterocycles. The standard InChI is InChI=1S/C13H17N3O2/c14-10-3-4-12-11(7-10)16-13(18-12)15-5-6-17-8-9-1-2-9/h3-4,7,9H,1-2,5-6,8,14H2,(H,15,16). The van der Waals surface area contributed by atoms with Gasteiger partial charge in [-0.05, 0) is 37.0 Å². The molecule has 0 saturated heterocycles. The molecule has 96 valence electrons. The summed E-state index contributed by atoms with van der Waals surface area (Å²) >= 11 is 0. The molecule has 0 atom stereocenters. The first-order valence-electron chi connectivity index (χ1n) is 6.29. The van der Waals surface area contributed by atoms with E-state index < -0.39 is 0 Å². The molecule has 1 heterocycles. The predicted molar refractivity (Wildman–Crippen MR) is 70.5 cm³/mol. The summed E-state index contributed by atoms with van der Waals surface area (Å²) in [4.78, 5) is 4.31. The zero-order chi connectivity index (χ0) is 12.4. The Morgan fingerprint density at radius 3 is 3.17 bits per heavy atom. The molecular formula is C13H17N3O2. The molecule has 1 aromatic heterocycles. The molecular weight excluding hydrogens is 230 g/mol. The normalized spacial score (nSPS) is 15.1. The highest BCUT2D eigenvalue weighted by Gasteiger charge is 2.20. The van der Waals surface area contributed by atoms with Crippen LogP contribution in [0.25, 0.3) is 11.1 Å². The van der Waals surface area contributed by atoms with Crippen molar-refractivity contribution in [1.82, 2.24) is 4.98 Å². The van der Waals surface area contributed by atoms with Crippen LogP contribution in [0.2, 0.25) is 0 Å². The van der Waals surface area contributed by atoms with Crippen molar-refractivity contribution < 1.29 is 9.15 Å². The molecule has 0 amide bonds. The van der Waals surface area contributed by atoms with Crippen LogP contribution >= 0.6 is 0 Å². The van der Waals surface area contributed by atoms with Crippen molar-refractivity contribution in [2.24, 2.45) is 5.92 Å². The van der Waals surface area contributed by atoms with E-state index in [1.807, 2.05) is 6.07 Å². The number of anilines is 2. The maximum atomic E-state index is 5.68. The number of fused-ring (bicyclic) bond motifs is 1. The van der Waals surface area contributed by atoms with E-state index in [9.17, 15) is 0 Å². The second-order valence-electron chi connectivity index (χ2n) is 4.69. The van der Waals surface area contributed by atoms with Crippen molar-refractivity contribution in [2.75, 3.05) is 30.8 Å². The van der Waals surface area contributed by atoms with E-state index >= 15 is 0 Å². The number of ether oxygens (including phenoxy) is 1. The van der Waals surface area contributed by atoms with E-state index in [1.165, 1.54) is 12.8 Å². The summed E-state index contributed by atoms with van der Waals surface area (Å²) in [6, 6.07) is 5.95. The minimum Gasteiger partial charge on any atom is -0.424 e. The molecule has 1 aromatic carbocycles. The first-order chi connectivity index (χ1) is 8.81. The highest BCUT2D eigenvalue weighted by molar-refractivity contribution is 5.78. The molecule has 1 aliphatic carbocycles. The van der Waals surface area contributed by atoms with E-state index in [0.29, 0.717) is 24.9 Å². The number of aromatic nitrogens is 1. The van der Waals surface area contributed by atoms with Gasteiger partial charge < -0.3 is 20.2 Å². The lowest BCUT2D eigenvalue weighted by molar-refractivity contribution is 0.133. The minimum atomic E-state index is 0.519. The number of nitrogens with zero attached hydrogens (tertiary/aromatic N) is 1. The Morgan fingerprint density at radius 1 is 1.44 bits per heavy atom. The summed E-state index contributed by atoms with van der Waals surface area (Å²) in [5.41, 5.74) is 7.89. The Kier molecular flexibility index (Phi) is 3.06. The van der Waals surface area contributed by atoms with Crippen molar-refractivity contribution in [3.63, 3.8) is 0 Å². The van der Waals surface area contributed by atoms with Gasteiger partial charge in [0, 0.05) is 18.8 Å². The van der Waals surface area contributed by atoms with Gasteiger partial charge in [-0.3, -0.25) is 0 Å². The third-order valence-corrected chi connectivity index (χ3v) is 2.98. The SMILES string of the molecule is Nc1ccc2oc(NCCOCC3CC3)nc2c1. The molecule has 0 bridgehead atoms. The van der Waals surface area contributed by atoms with Crippen LogP contribution in [0.3, 0.4) is 0 Å². The van der Waals surface area contributed by atoms with Crippen LogP contribution in [-0.2, 0) is 4.74 Å². The van der Waals surface area contributed by atoms with E-state index in [0.717, 1.165) is 23.6 Å². The molecule has 1 aliphatic rings. The monoisotopic (exact) mass is 247 g/mol. The van der Waals surface area contributed by atoms with Gasteiger partial charge in [-0.1, -0.05) is 0 Å². The van der Waals surface area contributed by atoms with Crippen LogP contribution in [0.5, 0.6) is 0 Å². The van der Waals surface area contributed by atoms with E-state index in [1.54, 1.807) is 12.1 Å². The molecule has 0 radical (unpaired) electrons. The molecule has 3 N–H and O–H groups in total. The molecule has 2 aromatic rings. The molecule has 1 saturated carbocycles. The second-order valence-corrected chi connectivity index (χ2v) is 4.69. The molecule has 18 heavy (non-hydrogen) atoms. The third kappa shape index (κ3) is 2.73. The van der Waals surface area contributed by atoms with Crippen LogP contribution in [-0.4, -0.2) is 24.7 Å². The fraction of sp³-hybridized carbons (Fsp3) is 0.462. The zero-order valence-electron chi connectivity index (χ0n) is 10.2. The summed E-state index contributed by atoms with van der Waals surface area (Å²) in [7, 11) is 0. The van der Waals surface area contributed by atoms with Crippen molar-refractivity contribution in [3.8, 4) is 0 Å². The summed E-state index contributed by atoms with van der Waals surface area (Å²) in [5, 5.41) is 3.10. The van der Waals surface area contributed by atoms with E-state index in [2.05, 4.69) is 10.3 Å². The Morgan fingerprint density at radius 2 is 2.33 bits per heavy atom. The van der Waals surface area contributed by atoms with Crippen LogP contribution in [0.1, 0.15) is 12.8 Å². The third-order valence-electron chi connectivity index (χ3n) is 2.98. The number of nitrogens with one attached hydrogen (secondary N) is 1. The number of hydrogen-bond donors (Lipinski definition) is 2. The molecule has 5 nitrogen and oxygen atoms in total. The Bertz CT molecular complexity index is 534. The molecule has 5 heteroatoms. The van der Waals surface area contributed by atoms with Crippen LogP contribution in [0.4, 0.5) is 11.7 Å². The van der Waals surface area contributed by atoms with E-state index in [-0.39, 0.29) is 0 Å². The quantitative estimate of drug-likeness (QED) is 0.605. The van der Waals surface area contributed by atoms with Crippen LogP contribution in [0, 0.1) is 5.92 Å². The minimum absolute atomic E-state index is 0.519. The summed E-state index contributed by atoms with van der Waals surface area (Å²) in [5.74, 6) is 0.803. The molecule has 1 fully saturated rings. The Labute approximate surface area is 105 Å². The maximum Gasteiger partial charge on any atom is 0.295 e. The van der Waals surface area contributed by atoms with Gasteiger partial charge in [0.05, 0.1) is 6.61 Å². The first-order valence-corrected chi connectivity index (χ1v) is 6.29. The zero-order valence-corrected chi connectivity index (χ0v) is 10.2. The van der Waals surface area contributed by atoms with Gasteiger partial charge in [-0.15, -0.1) is 0 Å². The maximum absolute atomic E-state index is 5.68. The number of oxazole rings is 1. The molecule has 3 rings (SSSR count). The van der Waals surface area contributed by atoms with Gasteiger partial charge in [-0.2, -0.15) is 4.98 Å². The average molecular weight is 247 g/mol. The summed E-state index contributed by atoms with van der Waals surface area (Å²) in [6.45, 7) is 2.26. The van der Waals surface area contributed by atoms with E-state index in [4.69, 9.17) is 14.9 Å². The number of nitrogens with two attached hydrogens (primary N) is 1. The highest BCUT2D eigenvalue weighted by Crippen LogP contribution is 2.28. The van der Waals surface area contributed by atoms with Gasteiger partial charge in [0.15, 0.2) is 5.58 Å². The number of rotatable bonds is 6. The largest absolute Gasteiger partial charge is 0.424 e. The molecule has 0 unspecified atom stereocenters.